The van der Waals surface area contributed by atoms with Crippen molar-refractivity contribution in [2.24, 2.45) is 5.41 Å². The van der Waals surface area contributed by atoms with Crippen LogP contribution in [0.1, 0.15) is 26.7 Å². The summed E-state index contributed by atoms with van der Waals surface area (Å²) >= 11 is 0. The lowest BCUT2D eigenvalue weighted by atomic mass is 9.81. The normalized spacial score (nSPS) is 32.7. The highest BCUT2D eigenvalue weighted by atomic mass is 16.5. The minimum absolute atomic E-state index is 0.140. The van der Waals surface area contributed by atoms with Gasteiger partial charge in [-0.2, -0.15) is 0 Å². The van der Waals surface area contributed by atoms with Crippen LogP contribution in [0.2, 0.25) is 0 Å². The Hall–Kier alpha value is -0.200. The van der Waals surface area contributed by atoms with Gasteiger partial charge in [-0.1, -0.05) is 13.8 Å². The zero-order valence-corrected chi connectivity index (χ0v) is 12.9. The largest absolute Gasteiger partial charge is 0.395 e. The summed E-state index contributed by atoms with van der Waals surface area (Å²) < 4.78 is 11.2. The van der Waals surface area contributed by atoms with Gasteiger partial charge in [0.1, 0.15) is 0 Å². The van der Waals surface area contributed by atoms with Gasteiger partial charge in [-0.05, 0) is 12.8 Å². The molecule has 2 N–H and O–H groups in total. The van der Waals surface area contributed by atoms with E-state index in [9.17, 15) is 5.11 Å². The number of aliphatic hydroxyl groups is 1. The molecule has 2 unspecified atom stereocenters. The average Bonchev–Trinajstić information content (AvgIpc) is 2.47. The van der Waals surface area contributed by atoms with E-state index < -0.39 is 0 Å². The summed E-state index contributed by atoms with van der Waals surface area (Å²) in [6.45, 7) is 10.5. The molecular formula is C15H30N2O3. The molecule has 0 bridgehead atoms. The lowest BCUT2D eigenvalue weighted by Gasteiger charge is -2.44. The lowest BCUT2D eigenvalue weighted by Crippen LogP contribution is -2.56. The van der Waals surface area contributed by atoms with E-state index in [0.29, 0.717) is 12.6 Å². The second kappa shape index (κ2) is 7.71. The number of nitrogens with one attached hydrogen (secondary N) is 1. The standard InChI is InChI=1S/C15H30N2O3/c1-13(2)16-10-15(4-3-6-20-12-15)11-17-5-7-19-9-14(17)8-18/h13-14,16,18H,3-12H2,1-2H3. The SMILES string of the molecule is CC(C)NCC1(CN2CCOCC2CO)CCCOC1. The first kappa shape index (κ1) is 16.2. The first-order chi connectivity index (χ1) is 9.65. The Labute approximate surface area is 122 Å². The van der Waals surface area contributed by atoms with Crippen molar-refractivity contribution in [2.45, 2.75) is 38.8 Å². The molecule has 0 aromatic heterocycles. The van der Waals surface area contributed by atoms with Crippen LogP contribution in [0.4, 0.5) is 0 Å². The summed E-state index contributed by atoms with van der Waals surface area (Å²) in [5.74, 6) is 0. The molecular weight excluding hydrogens is 256 g/mol. The highest BCUT2D eigenvalue weighted by Gasteiger charge is 2.37. The van der Waals surface area contributed by atoms with Crippen molar-refractivity contribution in [3.05, 3.63) is 0 Å². The van der Waals surface area contributed by atoms with E-state index in [-0.39, 0.29) is 18.1 Å². The summed E-state index contributed by atoms with van der Waals surface area (Å²) in [5, 5.41) is 13.1. The van der Waals surface area contributed by atoms with Crippen LogP contribution < -0.4 is 5.32 Å². The molecule has 0 aliphatic carbocycles. The highest BCUT2D eigenvalue weighted by molar-refractivity contribution is 4.90. The molecule has 0 saturated carbocycles. The minimum Gasteiger partial charge on any atom is -0.395 e. The topological polar surface area (TPSA) is 54.0 Å². The maximum Gasteiger partial charge on any atom is 0.0644 e. The molecule has 0 aromatic carbocycles. The molecule has 2 heterocycles. The first-order valence-electron chi connectivity index (χ1n) is 7.89. The fourth-order valence-corrected chi connectivity index (χ4v) is 3.15. The molecule has 2 saturated heterocycles. The van der Waals surface area contributed by atoms with Crippen molar-refractivity contribution in [1.29, 1.82) is 0 Å². The van der Waals surface area contributed by atoms with E-state index in [0.717, 1.165) is 45.9 Å². The summed E-state index contributed by atoms with van der Waals surface area (Å²) in [7, 11) is 0. The summed E-state index contributed by atoms with van der Waals surface area (Å²) in [6, 6.07) is 0.633. The predicted octanol–water partition coefficient (Wildman–Crippen LogP) is 0.474. The van der Waals surface area contributed by atoms with Gasteiger partial charge in [-0.15, -0.1) is 0 Å². The zero-order valence-electron chi connectivity index (χ0n) is 12.9. The van der Waals surface area contributed by atoms with Crippen LogP contribution >= 0.6 is 0 Å². The molecule has 0 amide bonds. The van der Waals surface area contributed by atoms with Crippen LogP contribution in [0.5, 0.6) is 0 Å². The number of morpholine rings is 1. The Morgan fingerprint density at radius 1 is 1.35 bits per heavy atom. The maximum absolute atomic E-state index is 9.52. The van der Waals surface area contributed by atoms with Gasteiger partial charge in [-0.25, -0.2) is 0 Å². The summed E-state index contributed by atoms with van der Waals surface area (Å²) in [5.41, 5.74) is 0.174. The van der Waals surface area contributed by atoms with E-state index in [1.54, 1.807) is 0 Å². The second-order valence-electron chi connectivity index (χ2n) is 6.57. The third-order valence-corrected chi connectivity index (χ3v) is 4.39. The van der Waals surface area contributed by atoms with E-state index in [1.807, 2.05) is 0 Å². The average molecular weight is 286 g/mol. The van der Waals surface area contributed by atoms with Gasteiger partial charge in [0.05, 0.1) is 32.5 Å². The van der Waals surface area contributed by atoms with Gasteiger partial charge in [-0.3, -0.25) is 4.90 Å². The van der Waals surface area contributed by atoms with Crippen LogP contribution in [0.25, 0.3) is 0 Å². The fraction of sp³-hybridized carbons (Fsp3) is 1.00. The Morgan fingerprint density at radius 2 is 2.20 bits per heavy atom. The molecule has 2 aliphatic heterocycles. The smallest absolute Gasteiger partial charge is 0.0644 e. The van der Waals surface area contributed by atoms with Crippen LogP contribution in [0, 0.1) is 5.41 Å². The number of rotatable bonds is 6. The van der Waals surface area contributed by atoms with Crippen molar-refractivity contribution in [2.75, 3.05) is 52.7 Å². The quantitative estimate of drug-likeness (QED) is 0.743. The Balaban J connectivity index is 1.98. The van der Waals surface area contributed by atoms with Gasteiger partial charge in [0.25, 0.3) is 0 Å². The van der Waals surface area contributed by atoms with Gasteiger partial charge in [0.15, 0.2) is 0 Å². The molecule has 2 atom stereocenters. The molecule has 2 aliphatic rings. The van der Waals surface area contributed by atoms with Crippen molar-refractivity contribution in [1.82, 2.24) is 10.2 Å². The Kier molecular flexibility index (Phi) is 6.23. The molecule has 0 radical (unpaired) electrons. The highest BCUT2D eigenvalue weighted by Crippen LogP contribution is 2.30. The van der Waals surface area contributed by atoms with E-state index in [2.05, 4.69) is 24.1 Å². The molecule has 2 rings (SSSR count). The van der Waals surface area contributed by atoms with Crippen LogP contribution in [-0.4, -0.2) is 74.8 Å². The number of hydrogen-bond acceptors (Lipinski definition) is 5. The molecule has 0 aromatic rings. The number of ether oxygens (including phenoxy) is 2. The summed E-state index contributed by atoms with van der Waals surface area (Å²) in [6.07, 6.45) is 2.33. The molecule has 118 valence electrons. The Morgan fingerprint density at radius 3 is 2.85 bits per heavy atom. The third kappa shape index (κ3) is 4.40. The van der Waals surface area contributed by atoms with Crippen LogP contribution in [0.15, 0.2) is 0 Å². The number of hydrogen-bond donors (Lipinski definition) is 2. The monoisotopic (exact) mass is 286 g/mol. The van der Waals surface area contributed by atoms with Crippen LogP contribution in [-0.2, 0) is 9.47 Å². The minimum atomic E-state index is 0.140. The molecule has 5 nitrogen and oxygen atoms in total. The van der Waals surface area contributed by atoms with E-state index >= 15 is 0 Å². The second-order valence-corrected chi connectivity index (χ2v) is 6.57. The zero-order chi connectivity index (χ0) is 14.4. The number of nitrogens with zero attached hydrogens (tertiary/aromatic N) is 1. The van der Waals surface area contributed by atoms with Gasteiger partial charge in [0.2, 0.25) is 0 Å². The number of aliphatic hydroxyl groups excluding tert-OH is 1. The van der Waals surface area contributed by atoms with E-state index in [4.69, 9.17) is 9.47 Å². The predicted molar refractivity (Wildman–Crippen MR) is 78.9 cm³/mol. The molecule has 2 fully saturated rings. The fourth-order valence-electron chi connectivity index (χ4n) is 3.15. The van der Waals surface area contributed by atoms with Crippen molar-refractivity contribution in [3.8, 4) is 0 Å². The van der Waals surface area contributed by atoms with Gasteiger partial charge in [0, 0.05) is 37.7 Å². The van der Waals surface area contributed by atoms with Gasteiger partial charge < -0.3 is 19.9 Å². The first-order valence-corrected chi connectivity index (χ1v) is 7.89. The molecule has 5 heteroatoms. The van der Waals surface area contributed by atoms with Crippen molar-refractivity contribution < 1.29 is 14.6 Å². The lowest BCUT2D eigenvalue weighted by molar-refractivity contribution is -0.0754. The summed E-state index contributed by atoms with van der Waals surface area (Å²) in [4.78, 5) is 2.39. The van der Waals surface area contributed by atoms with Crippen molar-refractivity contribution >= 4 is 0 Å². The third-order valence-electron chi connectivity index (χ3n) is 4.39. The van der Waals surface area contributed by atoms with Crippen molar-refractivity contribution in [3.63, 3.8) is 0 Å². The maximum atomic E-state index is 9.52. The van der Waals surface area contributed by atoms with E-state index in [1.165, 1.54) is 6.42 Å². The molecule has 0 spiro atoms. The molecule has 20 heavy (non-hydrogen) atoms. The van der Waals surface area contributed by atoms with Gasteiger partial charge >= 0.3 is 0 Å². The van der Waals surface area contributed by atoms with Crippen LogP contribution in [0.3, 0.4) is 0 Å². The Bertz CT molecular complexity index is 280.